The fraction of sp³-hybridized carbons (Fsp3) is 0.150. The van der Waals surface area contributed by atoms with Crippen molar-refractivity contribution in [2.24, 2.45) is 7.05 Å². The van der Waals surface area contributed by atoms with E-state index in [-0.39, 0.29) is 0 Å². The zero-order chi connectivity index (χ0) is 19.1. The predicted octanol–water partition coefficient (Wildman–Crippen LogP) is 1.54. The molecule has 0 saturated carbocycles. The van der Waals surface area contributed by atoms with Gasteiger partial charge in [-0.05, 0) is 36.2 Å². The summed E-state index contributed by atoms with van der Waals surface area (Å²) in [6.45, 7) is 2.71. The molecule has 1 N–H and O–H groups in total. The lowest BCUT2D eigenvalue weighted by atomic mass is 10.1. The van der Waals surface area contributed by atoms with Crippen LogP contribution in [0.5, 0.6) is 0 Å². The van der Waals surface area contributed by atoms with E-state index in [1.165, 1.54) is 12.6 Å². The number of hydrogen-bond donors (Lipinski definition) is 1. The van der Waals surface area contributed by atoms with Crippen LogP contribution in [0.3, 0.4) is 0 Å². The third kappa shape index (κ3) is 2.83. The molecule has 0 unspecified atom stereocenters. The first-order valence-corrected chi connectivity index (χ1v) is 8.52. The molecule has 2 aromatic heterocycles. The van der Waals surface area contributed by atoms with Gasteiger partial charge in [-0.2, -0.15) is 0 Å². The average molecular weight is 362 g/mol. The summed E-state index contributed by atoms with van der Waals surface area (Å²) in [6.07, 6.45) is 2.05. The highest BCUT2D eigenvalue weighted by Crippen LogP contribution is 2.24. The quantitative estimate of drug-likeness (QED) is 0.600. The predicted molar refractivity (Wildman–Crippen MR) is 104 cm³/mol. The second kappa shape index (κ2) is 6.28. The maximum absolute atomic E-state index is 12.4. The Balaban J connectivity index is 1.87. The highest BCUT2D eigenvalue weighted by molar-refractivity contribution is 5.85. The third-order valence-electron chi connectivity index (χ3n) is 4.72. The van der Waals surface area contributed by atoms with Crippen LogP contribution in [0.2, 0.25) is 0 Å². The minimum atomic E-state index is -0.746. The summed E-state index contributed by atoms with van der Waals surface area (Å²) < 4.78 is 3.98. The van der Waals surface area contributed by atoms with Crippen LogP contribution >= 0.6 is 0 Å². The summed E-state index contributed by atoms with van der Waals surface area (Å²) in [5.74, 6) is 0. The van der Waals surface area contributed by atoms with Gasteiger partial charge in [0.2, 0.25) is 0 Å². The molecule has 0 fully saturated rings. The highest BCUT2D eigenvalue weighted by atomic mass is 16.2. The minimum Gasteiger partial charge on any atom is -0.343 e. The zero-order valence-corrected chi connectivity index (χ0v) is 15.0. The fourth-order valence-electron chi connectivity index (χ4n) is 3.30. The van der Waals surface area contributed by atoms with Gasteiger partial charge >= 0.3 is 17.1 Å². The van der Waals surface area contributed by atoms with Crippen molar-refractivity contribution in [3.05, 3.63) is 97.3 Å². The lowest BCUT2D eigenvalue weighted by Crippen LogP contribution is -2.47. The number of nitrogens with zero attached hydrogens (tertiary/aromatic N) is 3. The second-order valence-corrected chi connectivity index (χ2v) is 6.54. The first-order chi connectivity index (χ1) is 13.0. The maximum Gasteiger partial charge on any atom is 0.340 e. The van der Waals surface area contributed by atoms with Crippen LogP contribution in [0.15, 0.2) is 69.1 Å². The topological polar surface area (TPSA) is 81.8 Å². The van der Waals surface area contributed by atoms with E-state index in [1.807, 2.05) is 31.2 Å². The van der Waals surface area contributed by atoms with Gasteiger partial charge in [0.05, 0.1) is 5.69 Å². The Morgan fingerprint density at radius 1 is 0.963 bits per heavy atom. The van der Waals surface area contributed by atoms with E-state index in [0.717, 1.165) is 32.1 Å². The minimum absolute atomic E-state index is 0.421. The number of H-pyrrole nitrogens is 1. The largest absolute Gasteiger partial charge is 0.343 e. The smallest absolute Gasteiger partial charge is 0.340 e. The van der Waals surface area contributed by atoms with E-state index in [9.17, 15) is 14.4 Å². The third-order valence-corrected chi connectivity index (χ3v) is 4.72. The van der Waals surface area contributed by atoms with Crippen LogP contribution in [-0.2, 0) is 13.6 Å². The van der Waals surface area contributed by atoms with Gasteiger partial charge in [-0.3, -0.25) is 4.98 Å². The number of fused-ring (bicyclic) bond motifs is 1. The Bertz CT molecular complexity index is 1320. The monoisotopic (exact) mass is 362 g/mol. The highest BCUT2D eigenvalue weighted by Gasteiger charge is 2.12. The molecule has 0 spiro atoms. The van der Waals surface area contributed by atoms with E-state index >= 15 is 0 Å². The van der Waals surface area contributed by atoms with E-state index in [2.05, 4.69) is 27.9 Å². The van der Waals surface area contributed by atoms with Crippen molar-refractivity contribution in [3.63, 3.8) is 0 Å². The normalized spacial score (nSPS) is 11.2. The molecule has 27 heavy (non-hydrogen) atoms. The fourth-order valence-corrected chi connectivity index (χ4v) is 3.30. The lowest BCUT2D eigenvalue weighted by molar-refractivity contribution is 0.660. The SMILES string of the molecule is Cc1cn(Cc2ccccc2)c2ccc(-n3c(=O)[nH]c(=O)n(C)c3=O)cc12. The van der Waals surface area contributed by atoms with Crippen LogP contribution in [-0.4, -0.2) is 18.7 Å². The number of aryl methyl sites for hydroxylation is 1. The number of benzene rings is 2. The number of rotatable bonds is 3. The van der Waals surface area contributed by atoms with Gasteiger partial charge in [0.1, 0.15) is 0 Å². The number of aromatic amines is 1. The average Bonchev–Trinajstić information content (AvgIpc) is 2.96. The molecule has 7 heteroatoms. The zero-order valence-electron chi connectivity index (χ0n) is 15.0. The van der Waals surface area contributed by atoms with Crippen molar-refractivity contribution in [2.75, 3.05) is 0 Å². The van der Waals surface area contributed by atoms with E-state index in [0.29, 0.717) is 5.69 Å². The van der Waals surface area contributed by atoms with Gasteiger partial charge in [0.15, 0.2) is 0 Å². The van der Waals surface area contributed by atoms with Gasteiger partial charge < -0.3 is 4.57 Å². The molecular formula is C20H18N4O3. The van der Waals surface area contributed by atoms with Crippen molar-refractivity contribution in [1.29, 1.82) is 0 Å². The molecule has 0 radical (unpaired) electrons. The summed E-state index contributed by atoms with van der Waals surface area (Å²) in [4.78, 5) is 38.3. The van der Waals surface area contributed by atoms with Gasteiger partial charge in [0, 0.05) is 30.7 Å². The van der Waals surface area contributed by atoms with Crippen molar-refractivity contribution in [3.8, 4) is 5.69 Å². The first kappa shape index (κ1) is 16.8. The molecule has 0 aliphatic heterocycles. The number of hydrogen-bond acceptors (Lipinski definition) is 3. The summed E-state index contributed by atoms with van der Waals surface area (Å²) in [6, 6.07) is 15.5. The Kier molecular flexibility index (Phi) is 3.92. The Hall–Kier alpha value is -3.61. The van der Waals surface area contributed by atoms with Crippen LogP contribution in [0, 0.1) is 6.92 Å². The van der Waals surface area contributed by atoms with Crippen molar-refractivity contribution in [1.82, 2.24) is 18.7 Å². The maximum atomic E-state index is 12.4. The van der Waals surface area contributed by atoms with Gasteiger partial charge in [-0.15, -0.1) is 0 Å². The molecule has 0 saturated heterocycles. The summed E-state index contributed by atoms with van der Waals surface area (Å²) in [7, 11) is 1.33. The summed E-state index contributed by atoms with van der Waals surface area (Å²) >= 11 is 0. The molecule has 0 aliphatic rings. The molecule has 2 aromatic carbocycles. The molecule has 2 heterocycles. The number of aromatic nitrogens is 4. The Morgan fingerprint density at radius 2 is 1.70 bits per heavy atom. The Labute approximate surface area is 153 Å². The van der Waals surface area contributed by atoms with Crippen molar-refractivity contribution >= 4 is 10.9 Å². The summed E-state index contributed by atoms with van der Waals surface area (Å²) in [5.41, 5.74) is 1.50. The second-order valence-electron chi connectivity index (χ2n) is 6.54. The molecule has 0 atom stereocenters. The van der Waals surface area contributed by atoms with Crippen LogP contribution in [0.25, 0.3) is 16.6 Å². The van der Waals surface area contributed by atoms with Gasteiger partial charge in [0.25, 0.3) is 0 Å². The van der Waals surface area contributed by atoms with Crippen molar-refractivity contribution < 1.29 is 0 Å². The standard InChI is InChI=1S/C20H18N4O3/c1-13-11-23(12-14-6-4-3-5-7-14)17-9-8-15(10-16(13)17)24-19(26)21-18(25)22(2)20(24)27/h3-11H,12H2,1-2H3,(H,21,25,26). The lowest BCUT2D eigenvalue weighted by Gasteiger charge is -2.08. The van der Waals surface area contributed by atoms with E-state index in [4.69, 9.17) is 0 Å². The van der Waals surface area contributed by atoms with Crippen molar-refractivity contribution in [2.45, 2.75) is 13.5 Å². The molecule has 0 aliphatic carbocycles. The number of nitrogens with one attached hydrogen (secondary N) is 1. The molecular weight excluding hydrogens is 344 g/mol. The molecule has 0 bridgehead atoms. The van der Waals surface area contributed by atoms with E-state index in [1.54, 1.807) is 12.1 Å². The molecule has 4 aromatic rings. The molecule has 0 amide bonds. The molecule has 136 valence electrons. The van der Waals surface area contributed by atoms with E-state index < -0.39 is 17.1 Å². The first-order valence-electron chi connectivity index (χ1n) is 8.52. The Morgan fingerprint density at radius 3 is 2.44 bits per heavy atom. The summed E-state index contributed by atoms with van der Waals surface area (Å²) in [5, 5.41) is 0.948. The van der Waals surface area contributed by atoms with Crippen LogP contribution < -0.4 is 17.1 Å². The van der Waals surface area contributed by atoms with Gasteiger partial charge in [-0.1, -0.05) is 30.3 Å². The molecule has 4 rings (SSSR count). The molecule has 7 nitrogen and oxygen atoms in total. The van der Waals surface area contributed by atoms with Crippen LogP contribution in [0.1, 0.15) is 11.1 Å². The van der Waals surface area contributed by atoms with Crippen LogP contribution in [0.4, 0.5) is 0 Å². The van der Waals surface area contributed by atoms with Gasteiger partial charge in [-0.25, -0.2) is 23.5 Å².